The van der Waals surface area contributed by atoms with Crippen LogP contribution in [0.3, 0.4) is 0 Å². The SMILES string of the molecule is Cc1cc(NCc2nccn2C)ccc1Br. The second-order valence-electron chi connectivity index (χ2n) is 3.77. The highest BCUT2D eigenvalue weighted by molar-refractivity contribution is 9.10. The monoisotopic (exact) mass is 279 g/mol. The molecule has 4 heteroatoms. The number of aromatic nitrogens is 2. The summed E-state index contributed by atoms with van der Waals surface area (Å²) in [6.45, 7) is 2.82. The van der Waals surface area contributed by atoms with E-state index in [1.807, 2.05) is 24.0 Å². The summed E-state index contributed by atoms with van der Waals surface area (Å²) in [5.41, 5.74) is 2.34. The second kappa shape index (κ2) is 4.70. The van der Waals surface area contributed by atoms with Crippen molar-refractivity contribution in [3.63, 3.8) is 0 Å². The van der Waals surface area contributed by atoms with Gasteiger partial charge < -0.3 is 9.88 Å². The molecule has 84 valence electrons. The van der Waals surface area contributed by atoms with Crippen LogP contribution in [0.15, 0.2) is 35.1 Å². The van der Waals surface area contributed by atoms with Crippen molar-refractivity contribution in [2.45, 2.75) is 13.5 Å². The van der Waals surface area contributed by atoms with Crippen molar-refractivity contribution in [3.8, 4) is 0 Å². The molecule has 0 spiro atoms. The number of aryl methyl sites for hydroxylation is 2. The zero-order chi connectivity index (χ0) is 11.5. The first kappa shape index (κ1) is 11.2. The first-order valence-corrected chi connectivity index (χ1v) is 5.92. The molecular formula is C12H14BrN3. The standard InChI is InChI=1S/C12H14BrN3/c1-9-7-10(3-4-11(9)13)15-8-12-14-5-6-16(12)2/h3-7,15H,8H2,1-2H3. The molecule has 0 unspecified atom stereocenters. The highest BCUT2D eigenvalue weighted by Crippen LogP contribution is 2.20. The Morgan fingerprint density at radius 3 is 2.88 bits per heavy atom. The van der Waals surface area contributed by atoms with Gasteiger partial charge in [0.1, 0.15) is 5.82 Å². The van der Waals surface area contributed by atoms with Crippen molar-refractivity contribution in [2.24, 2.45) is 7.05 Å². The summed E-state index contributed by atoms with van der Waals surface area (Å²) in [7, 11) is 2.00. The summed E-state index contributed by atoms with van der Waals surface area (Å²) in [4.78, 5) is 4.26. The third kappa shape index (κ3) is 2.44. The summed E-state index contributed by atoms with van der Waals surface area (Å²) in [5, 5.41) is 3.35. The largest absolute Gasteiger partial charge is 0.378 e. The fourth-order valence-electron chi connectivity index (χ4n) is 1.50. The van der Waals surface area contributed by atoms with Crippen molar-refractivity contribution in [2.75, 3.05) is 5.32 Å². The Bertz CT molecular complexity index is 491. The molecule has 0 fully saturated rings. The van der Waals surface area contributed by atoms with Crippen LogP contribution in [0, 0.1) is 6.92 Å². The van der Waals surface area contributed by atoms with Crippen molar-refractivity contribution in [1.29, 1.82) is 0 Å². The van der Waals surface area contributed by atoms with E-state index in [2.05, 4.69) is 51.4 Å². The molecule has 0 saturated heterocycles. The van der Waals surface area contributed by atoms with E-state index in [4.69, 9.17) is 0 Å². The summed E-state index contributed by atoms with van der Waals surface area (Å²) in [6, 6.07) is 6.23. The van der Waals surface area contributed by atoms with Crippen LogP contribution in [0.25, 0.3) is 0 Å². The van der Waals surface area contributed by atoms with Crippen molar-refractivity contribution < 1.29 is 0 Å². The fourth-order valence-corrected chi connectivity index (χ4v) is 1.75. The lowest BCUT2D eigenvalue weighted by molar-refractivity contribution is 0.813. The van der Waals surface area contributed by atoms with Gasteiger partial charge in [0, 0.05) is 29.6 Å². The van der Waals surface area contributed by atoms with Crippen molar-refractivity contribution >= 4 is 21.6 Å². The fraction of sp³-hybridized carbons (Fsp3) is 0.250. The van der Waals surface area contributed by atoms with Gasteiger partial charge >= 0.3 is 0 Å². The molecule has 0 aliphatic heterocycles. The number of benzene rings is 1. The zero-order valence-corrected chi connectivity index (χ0v) is 11.0. The molecule has 1 aromatic carbocycles. The molecule has 2 rings (SSSR count). The van der Waals surface area contributed by atoms with Gasteiger partial charge in [-0.3, -0.25) is 0 Å². The maximum atomic E-state index is 4.26. The van der Waals surface area contributed by atoms with Gasteiger partial charge in [-0.15, -0.1) is 0 Å². The second-order valence-corrected chi connectivity index (χ2v) is 4.63. The third-order valence-corrected chi connectivity index (χ3v) is 3.42. The molecule has 2 aromatic rings. The van der Waals surface area contributed by atoms with Gasteiger partial charge in [0.15, 0.2) is 0 Å². The lowest BCUT2D eigenvalue weighted by Gasteiger charge is -2.08. The summed E-state index contributed by atoms with van der Waals surface area (Å²) in [5.74, 6) is 1.03. The molecular weight excluding hydrogens is 266 g/mol. The Morgan fingerprint density at radius 2 is 2.25 bits per heavy atom. The number of hydrogen-bond donors (Lipinski definition) is 1. The third-order valence-electron chi connectivity index (χ3n) is 2.53. The zero-order valence-electron chi connectivity index (χ0n) is 9.37. The van der Waals surface area contributed by atoms with Gasteiger partial charge in [0.25, 0.3) is 0 Å². The molecule has 1 aromatic heterocycles. The van der Waals surface area contributed by atoms with E-state index in [-0.39, 0.29) is 0 Å². The maximum absolute atomic E-state index is 4.26. The van der Waals surface area contributed by atoms with Gasteiger partial charge in [-0.05, 0) is 30.7 Å². The first-order chi connectivity index (χ1) is 7.66. The predicted molar refractivity (Wildman–Crippen MR) is 69.4 cm³/mol. The van der Waals surface area contributed by atoms with E-state index < -0.39 is 0 Å². The van der Waals surface area contributed by atoms with Gasteiger partial charge in [-0.1, -0.05) is 15.9 Å². The molecule has 0 radical (unpaired) electrons. The highest BCUT2D eigenvalue weighted by atomic mass is 79.9. The number of anilines is 1. The van der Waals surface area contributed by atoms with E-state index in [0.29, 0.717) is 0 Å². The van der Waals surface area contributed by atoms with Crippen LogP contribution in [0.5, 0.6) is 0 Å². The van der Waals surface area contributed by atoms with Crippen LogP contribution in [0.2, 0.25) is 0 Å². The van der Waals surface area contributed by atoms with E-state index in [1.54, 1.807) is 0 Å². The Hall–Kier alpha value is -1.29. The first-order valence-electron chi connectivity index (χ1n) is 5.13. The molecule has 0 aliphatic carbocycles. The normalized spacial score (nSPS) is 10.4. The van der Waals surface area contributed by atoms with Crippen LogP contribution in [0.4, 0.5) is 5.69 Å². The van der Waals surface area contributed by atoms with Crippen LogP contribution in [-0.4, -0.2) is 9.55 Å². The van der Waals surface area contributed by atoms with Crippen LogP contribution in [0.1, 0.15) is 11.4 Å². The topological polar surface area (TPSA) is 29.9 Å². The predicted octanol–water partition coefficient (Wildman–Crippen LogP) is 3.10. The summed E-state index contributed by atoms with van der Waals surface area (Å²) >= 11 is 3.49. The molecule has 16 heavy (non-hydrogen) atoms. The average Bonchev–Trinajstić information content (AvgIpc) is 2.66. The lowest BCUT2D eigenvalue weighted by atomic mass is 10.2. The van der Waals surface area contributed by atoms with Gasteiger partial charge in [-0.2, -0.15) is 0 Å². The Labute approximate surface area is 104 Å². The minimum Gasteiger partial charge on any atom is -0.378 e. The van der Waals surface area contributed by atoms with Crippen LogP contribution < -0.4 is 5.32 Å². The number of nitrogens with one attached hydrogen (secondary N) is 1. The smallest absolute Gasteiger partial charge is 0.127 e. The van der Waals surface area contributed by atoms with Gasteiger partial charge in [0.05, 0.1) is 6.54 Å². The van der Waals surface area contributed by atoms with Crippen LogP contribution >= 0.6 is 15.9 Å². The molecule has 0 amide bonds. The Kier molecular flexibility index (Phi) is 3.29. The minimum atomic E-state index is 0.741. The molecule has 0 bridgehead atoms. The summed E-state index contributed by atoms with van der Waals surface area (Å²) < 4.78 is 3.15. The average molecular weight is 280 g/mol. The van der Waals surface area contributed by atoms with E-state index in [9.17, 15) is 0 Å². The van der Waals surface area contributed by atoms with E-state index >= 15 is 0 Å². The molecule has 1 heterocycles. The molecule has 0 saturated carbocycles. The van der Waals surface area contributed by atoms with E-state index in [0.717, 1.165) is 22.5 Å². The van der Waals surface area contributed by atoms with Gasteiger partial charge in [0.2, 0.25) is 0 Å². The number of rotatable bonds is 3. The molecule has 0 aliphatic rings. The number of hydrogen-bond acceptors (Lipinski definition) is 2. The van der Waals surface area contributed by atoms with Crippen LogP contribution in [-0.2, 0) is 13.6 Å². The highest BCUT2D eigenvalue weighted by Gasteiger charge is 2.00. The van der Waals surface area contributed by atoms with Gasteiger partial charge in [-0.25, -0.2) is 4.98 Å². The van der Waals surface area contributed by atoms with Crippen molar-refractivity contribution in [1.82, 2.24) is 9.55 Å². The quantitative estimate of drug-likeness (QED) is 0.936. The molecule has 0 atom stereocenters. The molecule has 1 N–H and O–H groups in total. The van der Waals surface area contributed by atoms with E-state index in [1.165, 1.54) is 5.56 Å². The number of imidazole rings is 1. The number of nitrogens with zero attached hydrogens (tertiary/aromatic N) is 2. The Morgan fingerprint density at radius 1 is 1.44 bits per heavy atom. The Balaban J connectivity index is 2.05. The molecule has 3 nitrogen and oxygen atoms in total. The summed E-state index contributed by atoms with van der Waals surface area (Å²) in [6.07, 6.45) is 3.76. The number of halogens is 1. The lowest BCUT2D eigenvalue weighted by Crippen LogP contribution is -2.05. The maximum Gasteiger partial charge on any atom is 0.127 e. The van der Waals surface area contributed by atoms with Crippen molar-refractivity contribution in [3.05, 3.63) is 46.5 Å². The minimum absolute atomic E-state index is 0.741.